The molecular weight excluding hydrogens is 232 g/mol. The number of hydrogen-bond donors (Lipinski definition) is 1. The number of pyridine rings is 1. The van der Waals surface area contributed by atoms with E-state index in [-0.39, 0.29) is 0 Å². The molecule has 15 heavy (non-hydrogen) atoms. The third kappa shape index (κ3) is 2.43. The summed E-state index contributed by atoms with van der Waals surface area (Å²) in [5.74, 6) is 0. The summed E-state index contributed by atoms with van der Waals surface area (Å²) in [6.45, 7) is 0. The molecule has 0 aliphatic rings. The average molecular weight is 241 g/mol. The third-order valence-electron chi connectivity index (χ3n) is 1.77. The van der Waals surface area contributed by atoms with Gasteiger partial charge < -0.3 is 10.3 Å². The van der Waals surface area contributed by atoms with Crippen molar-refractivity contribution in [2.45, 2.75) is 10.2 Å². The maximum atomic E-state index is 5.80. The second-order valence-electron chi connectivity index (χ2n) is 2.98. The molecule has 0 radical (unpaired) electrons. The quantitative estimate of drug-likeness (QED) is 0.818. The number of nitrogen functional groups attached to an aromatic ring is 1. The molecule has 0 unspecified atom stereocenters. The van der Waals surface area contributed by atoms with Crippen LogP contribution < -0.4 is 5.73 Å². The molecule has 2 aromatic rings. The molecule has 2 N–H and O–H groups in total. The number of anilines is 1. The number of nitrogens with two attached hydrogens (primary N) is 1. The van der Waals surface area contributed by atoms with Crippen LogP contribution in [0.15, 0.2) is 34.7 Å². The molecule has 0 aliphatic heterocycles. The van der Waals surface area contributed by atoms with E-state index in [9.17, 15) is 0 Å². The van der Waals surface area contributed by atoms with Crippen LogP contribution in [0.4, 0.5) is 5.69 Å². The summed E-state index contributed by atoms with van der Waals surface area (Å²) >= 11 is 7.22. The highest BCUT2D eigenvalue weighted by Gasteiger charge is 2.05. The van der Waals surface area contributed by atoms with Crippen molar-refractivity contribution in [2.24, 2.45) is 7.05 Å². The van der Waals surface area contributed by atoms with Crippen molar-refractivity contribution in [3.05, 3.63) is 29.7 Å². The number of nitrogens with zero attached hydrogens (tertiary/aromatic N) is 3. The summed E-state index contributed by atoms with van der Waals surface area (Å²) in [4.78, 5) is 8.32. The highest BCUT2D eigenvalue weighted by molar-refractivity contribution is 7.99. The van der Waals surface area contributed by atoms with Crippen LogP contribution in [0.5, 0.6) is 0 Å². The van der Waals surface area contributed by atoms with Crippen LogP contribution in [0.25, 0.3) is 0 Å². The lowest BCUT2D eigenvalue weighted by atomic mass is 10.4. The molecule has 0 aromatic carbocycles. The van der Waals surface area contributed by atoms with E-state index >= 15 is 0 Å². The van der Waals surface area contributed by atoms with Gasteiger partial charge in [-0.2, -0.15) is 0 Å². The van der Waals surface area contributed by atoms with Gasteiger partial charge in [0.15, 0.2) is 5.16 Å². The van der Waals surface area contributed by atoms with Gasteiger partial charge in [0.05, 0.1) is 0 Å². The molecule has 4 nitrogen and oxygen atoms in total. The first kappa shape index (κ1) is 10.3. The largest absolute Gasteiger partial charge is 0.399 e. The summed E-state index contributed by atoms with van der Waals surface area (Å²) in [7, 11) is 1.92. The number of imidazole rings is 1. The van der Waals surface area contributed by atoms with Crippen molar-refractivity contribution >= 4 is 29.1 Å². The predicted molar refractivity (Wildman–Crippen MR) is 61.0 cm³/mol. The summed E-state index contributed by atoms with van der Waals surface area (Å²) in [5.41, 5.74) is 6.26. The fraction of sp³-hybridized carbons (Fsp3) is 0.111. The number of aryl methyl sites for hydroxylation is 1. The smallest absolute Gasteiger partial charge is 0.174 e. The van der Waals surface area contributed by atoms with Gasteiger partial charge in [0.1, 0.15) is 10.2 Å². The minimum atomic E-state index is 0.395. The van der Waals surface area contributed by atoms with Crippen LogP contribution in [0.3, 0.4) is 0 Å². The summed E-state index contributed by atoms with van der Waals surface area (Å²) in [6.07, 6.45) is 3.60. The Morgan fingerprint density at radius 2 is 2.27 bits per heavy atom. The molecule has 0 bridgehead atoms. The summed E-state index contributed by atoms with van der Waals surface area (Å²) in [6, 6.07) is 3.38. The molecule has 0 fully saturated rings. The third-order valence-corrected chi connectivity index (χ3v) is 2.95. The van der Waals surface area contributed by atoms with Crippen molar-refractivity contribution in [1.82, 2.24) is 14.5 Å². The molecule has 0 atom stereocenters. The standard InChI is InChI=1S/C9H9ClN4S/c1-14-3-2-12-9(14)15-8-5-6(11)4-7(10)13-8/h2-5H,1H3,(H2,11,13). The van der Waals surface area contributed by atoms with Gasteiger partial charge in [-0.3, -0.25) is 0 Å². The fourth-order valence-corrected chi connectivity index (χ4v) is 2.20. The Morgan fingerprint density at radius 1 is 1.47 bits per heavy atom. The first-order valence-corrected chi connectivity index (χ1v) is 5.43. The van der Waals surface area contributed by atoms with Crippen LogP contribution in [0, 0.1) is 0 Å². The van der Waals surface area contributed by atoms with Crippen LogP contribution in [-0.4, -0.2) is 14.5 Å². The molecule has 2 rings (SSSR count). The first-order chi connectivity index (χ1) is 7.15. The zero-order valence-corrected chi connectivity index (χ0v) is 9.59. The van der Waals surface area contributed by atoms with Gasteiger partial charge in [-0.15, -0.1) is 0 Å². The molecular formula is C9H9ClN4S. The van der Waals surface area contributed by atoms with E-state index in [1.165, 1.54) is 11.8 Å². The number of rotatable bonds is 2. The summed E-state index contributed by atoms with van der Waals surface area (Å²) < 4.78 is 1.91. The molecule has 0 aliphatic carbocycles. The van der Waals surface area contributed by atoms with E-state index in [1.54, 1.807) is 18.3 Å². The van der Waals surface area contributed by atoms with Crippen molar-refractivity contribution in [3.63, 3.8) is 0 Å². The van der Waals surface area contributed by atoms with E-state index in [0.717, 1.165) is 10.2 Å². The SMILES string of the molecule is Cn1ccnc1Sc1cc(N)cc(Cl)n1. The first-order valence-electron chi connectivity index (χ1n) is 4.23. The average Bonchev–Trinajstić information content (AvgIpc) is 2.50. The fourth-order valence-electron chi connectivity index (χ4n) is 1.09. The Bertz CT molecular complexity index is 462. The Labute approximate surface area is 96.5 Å². The molecule has 0 spiro atoms. The lowest BCUT2D eigenvalue weighted by molar-refractivity contribution is 0.788. The molecule has 2 aromatic heterocycles. The van der Waals surface area contributed by atoms with Crippen LogP contribution in [0.2, 0.25) is 5.15 Å². The number of aromatic nitrogens is 3. The van der Waals surface area contributed by atoms with Gasteiger partial charge in [0.25, 0.3) is 0 Å². The number of halogens is 1. The zero-order chi connectivity index (χ0) is 10.8. The second-order valence-corrected chi connectivity index (χ2v) is 4.36. The monoisotopic (exact) mass is 240 g/mol. The topological polar surface area (TPSA) is 56.7 Å². The van der Waals surface area contributed by atoms with E-state index < -0.39 is 0 Å². The van der Waals surface area contributed by atoms with E-state index in [4.69, 9.17) is 17.3 Å². The highest BCUT2D eigenvalue weighted by atomic mass is 35.5. The normalized spacial score (nSPS) is 10.5. The molecule has 78 valence electrons. The lowest BCUT2D eigenvalue weighted by Gasteiger charge is -2.02. The zero-order valence-electron chi connectivity index (χ0n) is 8.01. The minimum absolute atomic E-state index is 0.395. The van der Waals surface area contributed by atoms with E-state index in [1.807, 2.05) is 17.8 Å². The van der Waals surface area contributed by atoms with Crippen LogP contribution >= 0.6 is 23.4 Å². The van der Waals surface area contributed by atoms with Gasteiger partial charge in [-0.1, -0.05) is 11.6 Å². The Kier molecular flexibility index (Phi) is 2.83. The highest BCUT2D eigenvalue weighted by Crippen LogP contribution is 2.26. The maximum absolute atomic E-state index is 5.80. The van der Waals surface area contributed by atoms with Gasteiger partial charge in [0, 0.05) is 25.1 Å². The van der Waals surface area contributed by atoms with Crippen LogP contribution in [0.1, 0.15) is 0 Å². The summed E-state index contributed by atoms with van der Waals surface area (Å²) in [5, 5.41) is 1.99. The van der Waals surface area contributed by atoms with Crippen LogP contribution in [-0.2, 0) is 7.05 Å². The number of hydrogen-bond acceptors (Lipinski definition) is 4. The molecule has 0 saturated carbocycles. The Morgan fingerprint density at radius 3 is 2.87 bits per heavy atom. The lowest BCUT2D eigenvalue weighted by Crippen LogP contribution is -1.92. The minimum Gasteiger partial charge on any atom is -0.399 e. The maximum Gasteiger partial charge on any atom is 0.174 e. The van der Waals surface area contributed by atoms with Gasteiger partial charge >= 0.3 is 0 Å². The van der Waals surface area contributed by atoms with E-state index in [2.05, 4.69) is 9.97 Å². The molecule has 0 amide bonds. The van der Waals surface area contributed by atoms with Crippen molar-refractivity contribution in [2.75, 3.05) is 5.73 Å². The predicted octanol–water partition coefficient (Wildman–Crippen LogP) is 2.20. The molecule has 2 heterocycles. The molecule has 0 saturated heterocycles. The molecule has 6 heteroatoms. The Hall–Kier alpha value is -1.20. The van der Waals surface area contributed by atoms with Crippen molar-refractivity contribution in [3.8, 4) is 0 Å². The van der Waals surface area contributed by atoms with Gasteiger partial charge in [0.2, 0.25) is 0 Å². The second kappa shape index (κ2) is 4.12. The van der Waals surface area contributed by atoms with Crippen molar-refractivity contribution in [1.29, 1.82) is 0 Å². The van der Waals surface area contributed by atoms with Crippen molar-refractivity contribution < 1.29 is 0 Å². The Balaban J connectivity index is 2.28. The van der Waals surface area contributed by atoms with Gasteiger partial charge in [-0.05, 0) is 23.9 Å². The van der Waals surface area contributed by atoms with E-state index in [0.29, 0.717) is 10.8 Å². The van der Waals surface area contributed by atoms with Gasteiger partial charge in [-0.25, -0.2) is 9.97 Å².